The van der Waals surface area contributed by atoms with Gasteiger partial charge in [0.2, 0.25) is 0 Å². The second-order valence-electron chi connectivity index (χ2n) is 6.15. The summed E-state index contributed by atoms with van der Waals surface area (Å²) in [6.07, 6.45) is 0.124. The zero-order valence-electron chi connectivity index (χ0n) is 14.4. The SMILES string of the molecule is CC(C)O[Si](OC(C)c1ccccc1)c1cccc2ccccc12. The van der Waals surface area contributed by atoms with Crippen molar-refractivity contribution in [1.82, 2.24) is 0 Å². The molecule has 0 saturated carbocycles. The van der Waals surface area contributed by atoms with Crippen LogP contribution < -0.4 is 5.19 Å². The van der Waals surface area contributed by atoms with Crippen molar-refractivity contribution in [2.75, 3.05) is 0 Å². The Hall–Kier alpha value is -1.94. The fourth-order valence-corrected chi connectivity index (χ4v) is 4.60. The third-order valence-corrected chi connectivity index (χ3v) is 6.03. The van der Waals surface area contributed by atoms with Crippen LogP contribution in [0.2, 0.25) is 0 Å². The van der Waals surface area contributed by atoms with Crippen molar-refractivity contribution in [3.05, 3.63) is 78.4 Å². The number of hydrogen-bond donors (Lipinski definition) is 0. The van der Waals surface area contributed by atoms with Crippen LogP contribution in [0.3, 0.4) is 0 Å². The summed E-state index contributed by atoms with van der Waals surface area (Å²) in [7, 11) is -1.59. The van der Waals surface area contributed by atoms with Gasteiger partial charge in [0.15, 0.2) is 0 Å². The summed E-state index contributed by atoms with van der Waals surface area (Å²) in [6.45, 7) is 6.22. The average Bonchev–Trinajstić information content (AvgIpc) is 2.61. The van der Waals surface area contributed by atoms with E-state index < -0.39 is 9.28 Å². The highest BCUT2D eigenvalue weighted by Gasteiger charge is 2.26. The van der Waals surface area contributed by atoms with Gasteiger partial charge in [-0.1, -0.05) is 72.8 Å². The van der Waals surface area contributed by atoms with Gasteiger partial charge in [0, 0.05) is 11.3 Å². The van der Waals surface area contributed by atoms with Gasteiger partial charge < -0.3 is 8.85 Å². The largest absolute Gasteiger partial charge is 0.424 e. The lowest BCUT2D eigenvalue weighted by molar-refractivity contribution is 0.131. The van der Waals surface area contributed by atoms with Gasteiger partial charge in [-0.05, 0) is 37.1 Å². The normalized spacial score (nSPS) is 12.9. The molecule has 0 fully saturated rings. The van der Waals surface area contributed by atoms with E-state index in [0.29, 0.717) is 0 Å². The Morgan fingerprint density at radius 1 is 0.708 bits per heavy atom. The maximum Gasteiger partial charge on any atom is 0.424 e. The Morgan fingerprint density at radius 3 is 2.12 bits per heavy atom. The van der Waals surface area contributed by atoms with Gasteiger partial charge in [-0.3, -0.25) is 0 Å². The van der Waals surface area contributed by atoms with Crippen LogP contribution in [-0.4, -0.2) is 15.4 Å². The van der Waals surface area contributed by atoms with E-state index >= 15 is 0 Å². The van der Waals surface area contributed by atoms with Crippen LogP contribution in [0.25, 0.3) is 10.8 Å². The molecule has 3 aromatic carbocycles. The Morgan fingerprint density at radius 2 is 1.38 bits per heavy atom. The van der Waals surface area contributed by atoms with Crippen molar-refractivity contribution in [2.45, 2.75) is 33.0 Å². The molecule has 0 bridgehead atoms. The third-order valence-electron chi connectivity index (χ3n) is 3.91. The lowest BCUT2D eigenvalue weighted by atomic mass is 10.1. The Labute approximate surface area is 145 Å². The molecule has 2 nitrogen and oxygen atoms in total. The molecule has 1 unspecified atom stereocenters. The van der Waals surface area contributed by atoms with Crippen molar-refractivity contribution < 1.29 is 8.85 Å². The standard InChI is InChI=1S/C21H23O2Si/c1-16(2)22-24(23-17(3)18-10-5-4-6-11-18)21-15-9-13-19-12-7-8-14-20(19)21/h4-17H,1-3H3. The summed E-state index contributed by atoms with van der Waals surface area (Å²) < 4.78 is 12.6. The quantitative estimate of drug-likeness (QED) is 0.606. The first-order valence-corrected chi connectivity index (χ1v) is 9.70. The molecule has 0 heterocycles. The molecule has 0 aromatic heterocycles. The van der Waals surface area contributed by atoms with E-state index in [-0.39, 0.29) is 12.2 Å². The van der Waals surface area contributed by atoms with E-state index in [4.69, 9.17) is 8.85 Å². The zero-order chi connectivity index (χ0) is 16.9. The molecule has 123 valence electrons. The van der Waals surface area contributed by atoms with Crippen molar-refractivity contribution >= 4 is 25.2 Å². The minimum Gasteiger partial charge on any atom is -0.387 e. The first kappa shape index (κ1) is 16.9. The van der Waals surface area contributed by atoms with Gasteiger partial charge in [-0.25, -0.2) is 0 Å². The molecule has 0 aliphatic carbocycles. The molecule has 0 aliphatic rings. The summed E-state index contributed by atoms with van der Waals surface area (Å²) in [5.74, 6) is 0. The summed E-state index contributed by atoms with van der Waals surface area (Å²) in [4.78, 5) is 0. The van der Waals surface area contributed by atoms with E-state index in [1.807, 2.05) is 18.2 Å². The van der Waals surface area contributed by atoms with Crippen molar-refractivity contribution in [1.29, 1.82) is 0 Å². The highest BCUT2D eigenvalue weighted by molar-refractivity contribution is 6.64. The summed E-state index contributed by atoms with van der Waals surface area (Å²) >= 11 is 0. The molecule has 1 atom stereocenters. The topological polar surface area (TPSA) is 18.5 Å². The maximum atomic E-state index is 6.42. The molecule has 0 amide bonds. The molecule has 3 heteroatoms. The number of hydrogen-bond acceptors (Lipinski definition) is 2. The highest BCUT2D eigenvalue weighted by atomic mass is 28.3. The molecule has 0 saturated heterocycles. The second-order valence-corrected chi connectivity index (χ2v) is 7.74. The first-order chi connectivity index (χ1) is 11.6. The Kier molecular flexibility index (Phi) is 5.46. The summed E-state index contributed by atoms with van der Waals surface area (Å²) in [6, 6.07) is 25.1. The number of rotatable bonds is 6. The summed E-state index contributed by atoms with van der Waals surface area (Å²) in [5, 5.41) is 3.62. The van der Waals surface area contributed by atoms with Gasteiger partial charge in [0.05, 0.1) is 6.10 Å². The van der Waals surface area contributed by atoms with Crippen LogP contribution in [0, 0.1) is 0 Å². The zero-order valence-corrected chi connectivity index (χ0v) is 15.4. The molecule has 3 rings (SSSR count). The molecule has 0 aliphatic heterocycles. The fourth-order valence-electron chi connectivity index (χ4n) is 2.72. The molecule has 3 aromatic rings. The first-order valence-electron chi connectivity index (χ1n) is 8.38. The van der Waals surface area contributed by atoms with Crippen molar-refractivity contribution in [2.24, 2.45) is 0 Å². The predicted molar refractivity (Wildman–Crippen MR) is 101 cm³/mol. The second kappa shape index (κ2) is 7.75. The Balaban J connectivity index is 1.94. The van der Waals surface area contributed by atoms with Crippen molar-refractivity contribution in [3.63, 3.8) is 0 Å². The van der Waals surface area contributed by atoms with E-state index in [1.54, 1.807) is 0 Å². The lowest BCUT2D eigenvalue weighted by Gasteiger charge is -2.23. The van der Waals surface area contributed by atoms with Crippen LogP contribution in [0.1, 0.15) is 32.4 Å². The molecular weight excluding hydrogens is 312 g/mol. The molecular formula is C21H23O2Si. The Bertz CT molecular complexity index is 781. The minimum atomic E-state index is -1.59. The molecule has 0 N–H and O–H groups in total. The van der Waals surface area contributed by atoms with Gasteiger partial charge in [0.1, 0.15) is 0 Å². The van der Waals surface area contributed by atoms with E-state index in [0.717, 1.165) is 0 Å². The lowest BCUT2D eigenvalue weighted by Crippen LogP contribution is -2.40. The van der Waals surface area contributed by atoms with E-state index in [1.165, 1.54) is 21.5 Å². The molecule has 1 radical (unpaired) electrons. The number of fused-ring (bicyclic) bond motifs is 1. The van der Waals surface area contributed by atoms with Crippen molar-refractivity contribution in [3.8, 4) is 0 Å². The third kappa shape index (κ3) is 3.93. The van der Waals surface area contributed by atoms with Crippen LogP contribution in [0.4, 0.5) is 0 Å². The minimum absolute atomic E-state index is 0.00203. The summed E-state index contributed by atoms with van der Waals surface area (Å²) in [5.41, 5.74) is 1.17. The van der Waals surface area contributed by atoms with E-state index in [9.17, 15) is 0 Å². The predicted octanol–water partition coefficient (Wildman–Crippen LogP) is 4.74. The van der Waals surface area contributed by atoms with Gasteiger partial charge in [0.25, 0.3) is 0 Å². The highest BCUT2D eigenvalue weighted by Crippen LogP contribution is 2.20. The van der Waals surface area contributed by atoms with Gasteiger partial charge in [-0.2, -0.15) is 0 Å². The smallest absolute Gasteiger partial charge is 0.387 e. The van der Waals surface area contributed by atoms with E-state index in [2.05, 4.69) is 75.4 Å². The number of benzene rings is 3. The van der Waals surface area contributed by atoms with Crippen LogP contribution in [0.15, 0.2) is 72.8 Å². The van der Waals surface area contributed by atoms with Gasteiger partial charge in [-0.15, -0.1) is 0 Å². The molecule has 0 spiro atoms. The monoisotopic (exact) mass is 335 g/mol. The van der Waals surface area contributed by atoms with Crippen LogP contribution in [0.5, 0.6) is 0 Å². The maximum absolute atomic E-state index is 6.42. The van der Waals surface area contributed by atoms with Crippen LogP contribution >= 0.6 is 0 Å². The average molecular weight is 335 g/mol. The van der Waals surface area contributed by atoms with Gasteiger partial charge >= 0.3 is 9.28 Å². The van der Waals surface area contributed by atoms with Crippen LogP contribution in [-0.2, 0) is 8.85 Å². The molecule has 24 heavy (non-hydrogen) atoms. The fraction of sp³-hybridized carbons (Fsp3) is 0.238.